The minimum atomic E-state index is 0.248. The fourth-order valence-electron chi connectivity index (χ4n) is 3.28. The maximum absolute atomic E-state index is 5.72. The summed E-state index contributed by atoms with van der Waals surface area (Å²) in [5.41, 5.74) is 1.73. The summed E-state index contributed by atoms with van der Waals surface area (Å²) in [6, 6.07) is 8.77. The summed E-state index contributed by atoms with van der Waals surface area (Å²) in [5, 5.41) is 3.77. The molecule has 1 unspecified atom stereocenters. The first-order valence-corrected chi connectivity index (χ1v) is 7.23. The number of benzene rings is 1. The Labute approximate surface area is 110 Å². The van der Waals surface area contributed by atoms with Crippen LogP contribution in [0, 0.1) is 5.92 Å². The average Bonchev–Trinajstić information content (AvgIpc) is 3.09. The summed E-state index contributed by atoms with van der Waals surface area (Å²) < 4.78 is 5.72. The number of hydrogen-bond donors (Lipinski definition) is 1. The molecule has 0 radical (unpaired) electrons. The lowest BCUT2D eigenvalue weighted by molar-refractivity contribution is 0.242. The standard InChI is InChI=1S/C16H23NO/c1-12(2)18-15-8-6-14(7-9-15)16(13-4-5-13)10-3-11-17-16/h6-9,12-13,17H,3-5,10-11H2,1-2H3. The highest BCUT2D eigenvalue weighted by molar-refractivity contribution is 5.34. The van der Waals surface area contributed by atoms with Crippen molar-refractivity contribution < 1.29 is 4.74 Å². The van der Waals surface area contributed by atoms with Crippen LogP contribution in [-0.4, -0.2) is 12.6 Å². The van der Waals surface area contributed by atoms with E-state index in [1.165, 1.54) is 37.8 Å². The zero-order chi connectivity index (χ0) is 12.6. The maximum Gasteiger partial charge on any atom is 0.119 e. The highest BCUT2D eigenvalue weighted by atomic mass is 16.5. The van der Waals surface area contributed by atoms with Gasteiger partial charge in [0.05, 0.1) is 6.10 Å². The molecule has 0 amide bonds. The summed E-state index contributed by atoms with van der Waals surface area (Å²) in [6.07, 6.45) is 5.62. The van der Waals surface area contributed by atoms with Gasteiger partial charge in [-0.05, 0) is 69.7 Å². The zero-order valence-corrected chi connectivity index (χ0v) is 11.4. The first kappa shape index (κ1) is 12.0. The zero-order valence-electron chi connectivity index (χ0n) is 11.4. The fraction of sp³-hybridized carbons (Fsp3) is 0.625. The molecule has 1 aromatic rings. The van der Waals surface area contributed by atoms with Crippen LogP contribution in [0.4, 0.5) is 0 Å². The molecule has 1 atom stereocenters. The molecule has 1 saturated carbocycles. The second-order valence-electron chi connectivity index (χ2n) is 5.97. The van der Waals surface area contributed by atoms with Crippen molar-refractivity contribution in [3.63, 3.8) is 0 Å². The second kappa shape index (κ2) is 4.58. The molecule has 1 aromatic carbocycles. The molecule has 0 aromatic heterocycles. The Hall–Kier alpha value is -1.02. The molecule has 3 rings (SSSR count). The van der Waals surface area contributed by atoms with Crippen molar-refractivity contribution >= 4 is 0 Å². The van der Waals surface area contributed by atoms with E-state index in [0.29, 0.717) is 0 Å². The van der Waals surface area contributed by atoms with E-state index in [9.17, 15) is 0 Å². The number of hydrogen-bond acceptors (Lipinski definition) is 2. The number of ether oxygens (including phenoxy) is 1. The highest BCUT2D eigenvalue weighted by Crippen LogP contribution is 2.50. The third kappa shape index (κ3) is 2.14. The molecule has 18 heavy (non-hydrogen) atoms. The molecule has 1 heterocycles. The number of nitrogens with one attached hydrogen (secondary N) is 1. The summed E-state index contributed by atoms with van der Waals surface area (Å²) in [7, 11) is 0. The van der Waals surface area contributed by atoms with E-state index in [1.54, 1.807) is 0 Å². The SMILES string of the molecule is CC(C)Oc1ccc(C2(C3CC3)CCCN2)cc1. The van der Waals surface area contributed by atoms with E-state index in [2.05, 4.69) is 43.4 Å². The van der Waals surface area contributed by atoms with Gasteiger partial charge in [-0.2, -0.15) is 0 Å². The molecule has 2 fully saturated rings. The Balaban J connectivity index is 1.82. The average molecular weight is 245 g/mol. The van der Waals surface area contributed by atoms with Crippen molar-refractivity contribution in [1.82, 2.24) is 5.32 Å². The molecule has 0 bridgehead atoms. The van der Waals surface area contributed by atoms with Crippen LogP contribution in [0.3, 0.4) is 0 Å². The van der Waals surface area contributed by atoms with Crippen molar-refractivity contribution in [2.45, 2.75) is 51.2 Å². The van der Waals surface area contributed by atoms with Gasteiger partial charge in [0.1, 0.15) is 5.75 Å². The number of rotatable bonds is 4. The Morgan fingerprint density at radius 2 is 1.94 bits per heavy atom. The third-order valence-corrected chi connectivity index (χ3v) is 4.20. The van der Waals surface area contributed by atoms with E-state index >= 15 is 0 Å². The van der Waals surface area contributed by atoms with Crippen LogP contribution in [0.25, 0.3) is 0 Å². The van der Waals surface area contributed by atoms with Crippen molar-refractivity contribution in [3.8, 4) is 5.75 Å². The smallest absolute Gasteiger partial charge is 0.119 e. The highest BCUT2D eigenvalue weighted by Gasteiger charge is 2.47. The van der Waals surface area contributed by atoms with Crippen LogP contribution in [-0.2, 0) is 5.54 Å². The topological polar surface area (TPSA) is 21.3 Å². The molecule has 2 heteroatoms. The van der Waals surface area contributed by atoms with Crippen LogP contribution in [0.15, 0.2) is 24.3 Å². The summed E-state index contributed by atoms with van der Waals surface area (Å²) >= 11 is 0. The molecule has 2 nitrogen and oxygen atoms in total. The van der Waals surface area contributed by atoms with Crippen LogP contribution in [0.2, 0.25) is 0 Å². The summed E-state index contributed by atoms with van der Waals surface area (Å²) in [4.78, 5) is 0. The molecule has 98 valence electrons. The van der Waals surface area contributed by atoms with E-state index in [0.717, 1.165) is 11.7 Å². The Morgan fingerprint density at radius 1 is 1.22 bits per heavy atom. The lowest BCUT2D eigenvalue weighted by atomic mass is 9.83. The van der Waals surface area contributed by atoms with E-state index in [-0.39, 0.29) is 11.6 Å². The first-order valence-electron chi connectivity index (χ1n) is 7.23. The Bertz CT molecular complexity index is 400. The van der Waals surface area contributed by atoms with Crippen molar-refractivity contribution in [2.75, 3.05) is 6.54 Å². The van der Waals surface area contributed by atoms with Gasteiger partial charge in [0.15, 0.2) is 0 Å². The Morgan fingerprint density at radius 3 is 2.44 bits per heavy atom. The molecule has 1 N–H and O–H groups in total. The van der Waals surface area contributed by atoms with Gasteiger partial charge in [0.25, 0.3) is 0 Å². The maximum atomic E-state index is 5.72. The van der Waals surface area contributed by atoms with Crippen molar-refractivity contribution in [1.29, 1.82) is 0 Å². The normalized spacial score (nSPS) is 27.7. The molecule has 0 spiro atoms. The minimum Gasteiger partial charge on any atom is -0.491 e. The van der Waals surface area contributed by atoms with Crippen LogP contribution in [0.1, 0.15) is 45.1 Å². The van der Waals surface area contributed by atoms with Crippen molar-refractivity contribution in [3.05, 3.63) is 29.8 Å². The second-order valence-corrected chi connectivity index (χ2v) is 5.97. The van der Waals surface area contributed by atoms with Crippen LogP contribution in [0.5, 0.6) is 5.75 Å². The van der Waals surface area contributed by atoms with E-state index < -0.39 is 0 Å². The minimum absolute atomic E-state index is 0.248. The molecule has 2 aliphatic rings. The van der Waals surface area contributed by atoms with Gasteiger partial charge >= 0.3 is 0 Å². The van der Waals surface area contributed by atoms with Crippen LogP contribution < -0.4 is 10.1 Å². The summed E-state index contributed by atoms with van der Waals surface area (Å²) in [6.45, 7) is 5.30. The van der Waals surface area contributed by atoms with E-state index in [1.807, 2.05) is 0 Å². The van der Waals surface area contributed by atoms with Crippen molar-refractivity contribution in [2.24, 2.45) is 5.92 Å². The van der Waals surface area contributed by atoms with Gasteiger partial charge in [0.2, 0.25) is 0 Å². The fourth-order valence-corrected chi connectivity index (χ4v) is 3.28. The molecule has 1 aliphatic heterocycles. The van der Waals surface area contributed by atoms with Gasteiger partial charge in [0, 0.05) is 5.54 Å². The van der Waals surface area contributed by atoms with Gasteiger partial charge in [-0.1, -0.05) is 12.1 Å². The molecular weight excluding hydrogens is 222 g/mol. The predicted octanol–water partition coefficient (Wildman–Crippen LogP) is 3.46. The monoisotopic (exact) mass is 245 g/mol. The predicted molar refractivity (Wildman–Crippen MR) is 73.8 cm³/mol. The molecular formula is C16H23NO. The largest absolute Gasteiger partial charge is 0.491 e. The van der Waals surface area contributed by atoms with Crippen LogP contribution >= 0.6 is 0 Å². The quantitative estimate of drug-likeness (QED) is 0.877. The molecule has 1 saturated heterocycles. The third-order valence-electron chi connectivity index (χ3n) is 4.20. The lowest BCUT2D eigenvalue weighted by Gasteiger charge is -2.30. The van der Waals surface area contributed by atoms with Gasteiger partial charge < -0.3 is 10.1 Å². The summed E-state index contributed by atoms with van der Waals surface area (Å²) in [5.74, 6) is 1.84. The van der Waals surface area contributed by atoms with Gasteiger partial charge in [-0.3, -0.25) is 0 Å². The van der Waals surface area contributed by atoms with E-state index in [4.69, 9.17) is 4.74 Å². The van der Waals surface area contributed by atoms with Gasteiger partial charge in [-0.25, -0.2) is 0 Å². The lowest BCUT2D eigenvalue weighted by Crippen LogP contribution is -2.38. The first-order chi connectivity index (χ1) is 8.71. The Kier molecular flexibility index (Phi) is 3.06. The molecule has 1 aliphatic carbocycles. The van der Waals surface area contributed by atoms with Gasteiger partial charge in [-0.15, -0.1) is 0 Å².